The monoisotopic (exact) mass is 370 g/mol. The summed E-state index contributed by atoms with van der Waals surface area (Å²) in [5, 5.41) is 10.2. The molecule has 1 aliphatic rings. The van der Waals surface area contributed by atoms with Crippen molar-refractivity contribution in [1.82, 2.24) is 20.5 Å². The van der Waals surface area contributed by atoms with E-state index in [0.717, 1.165) is 41.0 Å². The van der Waals surface area contributed by atoms with Gasteiger partial charge in [0.15, 0.2) is 0 Å². The predicted octanol–water partition coefficient (Wildman–Crippen LogP) is 4.19. The third-order valence-electron chi connectivity index (χ3n) is 4.53. The zero-order chi connectivity index (χ0) is 19.9. The molecule has 0 spiro atoms. The van der Waals surface area contributed by atoms with Gasteiger partial charge in [0, 0.05) is 24.5 Å². The van der Waals surface area contributed by atoms with Crippen LogP contribution in [0.2, 0.25) is 0 Å². The summed E-state index contributed by atoms with van der Waals surface area (Å²) in [4.78, 5) is 4.10. The fourth-order valence-electron chi connectivity index (χ4n) is 3.08. The number of nitrogens with one attached hydrogen (secondary N) is 2. The van der Waals surface area contributed by atoms with Crippen LogP contribution in [0.4, 0.5) is 0 Å². The summed E-state index contributed by atoms with van der Waals surface area (Å²) in [6.07, 6.45) is 6.46. The molecule has 142 valence electrons. The van der Waals surface area contributed by atoms with Gasteiger partial charge in [0.05, 0.1) is 17.5 Å². The van der Waals surface area contributed by atoms with Gasteiger partial charge in [-0.05, 0) is 62.1 Å². The molecular weight excluding hydrogens is 344 g/mol. The Morgan fingerprint density at radius 1 is 1.04 bits per heavy atom. The standard InChI is InChI=1S/C14H13N3.C10H13N/c1-10(2)14-13(9-16-17-14)5-4-12-6-11(3)7-15-8-12;1-8-2-3-10-7-11-5-4-9(10)6-8/h6-9H,1H2,2-3H3,(H,16,17);2-3,6,11H,4-5,7H2,1H3. The maximum atomic E-state index is 4.10. The lowest BCUT2D eigenvalue weighted by Crippen LogP contribution is -2.23. The molecule has 0 radical (unpaired) electrons. The highest BCUT2D eigenvalue weighted by molar-refractivity contribution is 5.64. The van der Waals surface area contributed by atoms with E-state index < -0.39 is 0 Å². The van der Waals surface area contributed by atoms with Crippen LogP contribution in [0.3, 0.4) is 0 Å². The normalized spacial score (nSPS) is 12.1. The Labute approximate surface area is 167 Å². The topological polar surface area (TPSA) is 53.6 Å². The number of benzene rings is 1. The van der Waals surface area contributed by atoms with Crippen molar-refractivity contribution in [2.75, 3.05) is 6.54 Å². The second kappa shape index (κ2) is 9.16. The summed E-state index contributed by atoms with van der Waals surface area (Å²) < 4.78 is 0. The minimum absolute atomic E-state index is 0.860. The molecule has 4 heteroatoms. The van der Waals surface area contributed by atoms with Crippen LogP contribution >= 0.6 is 0 Å². The molecule has 0 saturated heterocycles. The molecule has 0 aliphatic carbocycles. The number of fused-ring (bicyclic) bond motifs is 1. The number of aromatic amines is 1. The van der Waals surface area contributed by atoms with Gasteiger partial charge in [0.2, 0.25) is 0 Å². The maximum absolute atomic E-state index is 4.10. The Morgan fingerprint density at radius 2 is 1.89 bits per heavy atom. The van der Waals surface area contributed by atoms with Gasteiger partial charge < -0.3 is 5.32 Å². The molecule has 2 N–H and O–H groups in total. The lowest BCUT2D eigenvalue weighted by atomic mass is 9.99. The number of aryl methyl sites for hydroxylation is 2. The van der Waals surface area contributed by atoms with Crippen LogP contribution in [0.5, 0.6) is 0 Å². The Hall–Kier alpha value is -3.16. The van der Waals surface area contributed by atoms with Crippen molar-refractivity contribution in [3.8, 4) is 11.8 Å². The number of hydrogen-bond acceptors (Lipinski definition) is 3. The summed E-state index contributed by atoms with van der Waals surface area (Å²) >= 11 is 0. The van der Waals surface area contributed by atoms with Crippen LogP contribution in [0.25, 0.3) is 5.57 Å². The maximum Gasteiger partial charge on any atom is 0.0757 e. The Kier molecular flexibility index (Phi) is 6.41. The van der Waals surface area contributed by atoms with Crippen molar-refractivity contribution >= 4 is 5.57 Å². The molecule has 4 nitrogen and oxygen atoms in total. The summed E-state index contributed by atoms with van der Waals surface area (Å²) in [6, 6.07) is 8.72. The molecule has 0 bridgehead atoms. The lowest BCUT2D eigenvalue weighted by molar-refractivity contribution is 0.643. The highest BCUT2D eigenvalue weighted by atomic mass is 15.1. The van der Waals surface area contributed by atoms with Gasteiger partial charge in [-0.25, -0.2) is 0 Å². The average Bonchev–Trinajstić information content (AvgIpc) is 3.16. The first-order valence-electron chi connectivity index (χ1n) is 9.45. The van der Waals surface area contributed by atoms with Crippen molar-refractivity contribution in [1.29, 1.82) is 0 Å². The highest BCUT2D eigenvalue weighted by Crippen LogP contribution is 2.15. The molecule has 0 saturated carbocycles. The van der Waals surface area contributed by atoms with E-state index in [9.17, 15) is 0 Å². The molecule has 0 atom stereocenters. The zero-order valence-corrected chi connectivity index (χ0v) is 16.8. The van der Waals surface area contributed by atoms with E-state index in [1.54, 1.807) is 12.4 Å². The third-order valence-corrected chi connectivity index (χ3v) is 4.53. The van der Waals surface area contributed by atoms with Gasteiger partial charge in [0.1, 0.15) is 0 Å². The molecule has 4 rings (SSSR count). The zero-order valence-electron chi connectivity index (χ0n) is 16.8. The molecule has 2 aromatic heterocycles. The molecule has 28 heavy (non-hydrogen) atoms. The van der Waals surface area contributed by atoms with Crippen molar-refractivity contribution < 1.29 is 0 Å². The van der Waals surface area contributed by atoms with Crippen LogP contribution in [-0.2, 0) is 13.0 Å². The van der Waals surface area contributed by atoms with Gasteiger partial charge in [-0.3, -0.25) is 10.1 Å². The van der Waals surface area contributed by atoms with Gasteiger partial charge >= 0.3 is 0 Å². The van der Waals surface area contributed by atoms with Crippen molar-refractivity contribution in [2.45, 2.75) is 33.7 Å². The largest absolute Gasteiger partial charge is 0.312 e. The first kappa shape index (κ1) is 19.6. The van der Waals surface area contributed by atoms with Crippen LogP contribution in [0.1, 0.15) is 46.0 Å². The lowest BCUT2D eigenvalue weighted by Gasteiger charge is -2.16. The second-order valence-electron chi connectivity index (χ2n) is 7.14. The Balaban J connectivity index is 0.000000176. The van der Waals surface area contributed by atoms with Crippen molar-refractivity contribution in [3.05, 3.63) is 88.5 Å². The number of hydrogen-bond donors (Lipinski definition) is 2. The van der Waals surface area contributed by atoms with E-state index in [-0.39, 0.29) is 0 Å². The second-order valence-corrected chi connectivity index (χ2v) is 7.14. The van der Waals surface area contributed by atoms with Crippen molar-refractivity contribution in [3.63, 3.8) is 0 Å². The van der Waals surface area contributed by atoms with E-state index in [1.807, 2.05) is 26.1 Å². The summed E-state index contributed by atoms with van der Waals surface area (Å²) in [7, 11) is 0. The van der Waals surface area contributed by atoms with E-state index >= 15 is 0 Å². The first-order chi connectivity index (χ1) is 13.5. The quantitative estimate of drug-likeness (QED) is 0.632. The number of aromatic nitrogens is 3. The molecule has 1 aliphatic heterocycles. The van der Waals surface area contributed by atoms with Gasteiger partial charge in [-0.1, -0.05) is 42.2 Å². The molecule has 0 fully saturated rings. The molecule has 0 unspecified atom stereocenters. The number of nitrogens with zero attached hydrogens (tertiary/aromatic N) is 2. The average molecular weight is 371 g/mol. The number of H-pyrrole nitrogens is 1. The van der Waals surface area contributed by atoms with Gasteiger partial charge in [0.25, 0.3) is 0 Å². The highest BCUT2D eigenvalue weighted by Gasteiger charge is 2.06. The summed E-state index contributed by atoms with van der Waals surface area (Å²) in [5.74, 6) is 6.14. The van der Waals surface area contributed by atoms with Gasteiger partial charge in [-0.2, -0.15) is 5.10 Å². The van der Waals surface area contributed by atoms with E-state index in [0.29, 0.717) is 0 Å². The minimum Gasteiger partial charge on any atom is -0.312 e. The van der Waals surface area contributed by atoms with Gasteiger partial charge in [-0.15, -0.1) is 0 Å². The predicted molar refractivity (Wildman–Crippen MR) is 115 cm³/mol. The van der Waals surface area contributed by atoms with E-state index in [4.69, 9.17) is 0 Å². The smallest absolute Gasteiger partial charge is 0.0757 e. The Bertz CT molecular complexity index is 1030. The van der Waals surface area contributed by atoms with Crippen LogP contribution in [0.15, 0.2) is 49.4 Å². The first-order valence-corrected chi connectivity index (χ1v) is 9.45. The molecule has 1 aromatic carbocycles. The molecular formula is C24H26N4. The molecule has 0 amide bonds. The minimum atomic E-state index is 0.860. The third kappa shape index (κ3) is 5.18. The number of pyridine rings is 1. The fraction of sp³-hybridized carbons (Fsp3) is 0.250. The number of allylic oxidation sites excluding steroid dienone is 1. The number of rotatable bonds is 1. The Morgan fingerprint density at radius 3 is 2.68 bits per heavy atom. The molecule has 3 heterocycles. The van der Waals surface area contributed by atoms with E-state index in [2.05, 4.69) is 64.0 Å². The van der Waals surface area contributed by atoms with Crippen LogP contribution in [-0.4, -0.2) is 21.7 Å². The fourth-order valence-corrected chi connectivity index (χ4v) is 3.08. The summed E-state index contributed by atoms with van der Waals surface area (Å²) in [6.45, 7) is 12.1. The SMILES string of the molecule is C=C(C)c1[nH]ncc1C#Cc1cncc(C)c1.Cc1ccc2c(c1)CCNC2. The van der Waals surface area contributed by atoms with Crippen molar-refractivity contribution in [2.24, 2.45) is 0 Å². The van der Waals surface area contributed by atoms with E-state index in [1.165, 1.54) is 23.1 Å². The molecule has 3 aromatic rings. The van der Waals surface area contributed by atoms with Crippen LogP contribution < -0.4 is 5.32 Å². The van der Waals surface area contributed by atoms with Crippen LogP contribution in [0, 0.1) is 25.7 Å². The summed E-state index contributed by atoms with van der Waals surface area (Å²) in [5.41, 5.74) is 9.06.